The van der Waals surface area contributed by atoms with Gasteiger partial charge in [0.15, 0.2) is 0 Å². The highest BCUT2D eigenvalue weighted by Gasteiger charge is 2.56. The Bertz CT molecular complexity index is 5340. The van der Waals surface area contributed by atoms with E-state index in [1.165, 1.54) is 157 Å². The number of para-hydroxylation sites is 9. The van der Waals surface area contributed by atoms with Gasteiger partial charge in [0.05, 0.1) is 50.4 Å². The molecule has 446 valence electrons. The van der Waals surface area contributed by atoms with Crippen molar-refractivity contribution in [3.63, 3.8) is 0 Å². The van der Waals surface area contributed by atoms with Gasteiger partial charge in [0, 0.05) is 17.1 Å². The van der Waals surface area contributed by atoms with Gasteiger partial charge in [0.1, 0.15) is 0 Å². The molecular weight excluding hydrogens is 1160 g/mol. The highest BCUT2D eigenvalue weighted by molar-refractivity contribution is 6.02. The van der Waals surface area contributed by atoms with Crippen LogP contribution in [0.5, 0.6) is 0 Å². The molecule has 3 aliphatic carbocycles. The van der Waals surface area contributed by atoms with Crippen molar-refractivity contribution in [2.75, 3.05) is 14.7 Å². The van der Waals surface area contributed by atoms with Gasteiger partial charge in [-0.25, -0.2) is 0 Å². The number of hydrogen-bond donors (Lipinski definition) is 0. The minimum absolute atomic E-state index is 0.598. The van der Waals surface area contributed by atoms with Gasteiger partial charge in [-0.1, -0.05) is 261 Å². The smallest absolute Gasteiger partial charge is 0.0754 e. The van der Waals surface area contributed by atoms with E-state index in [9.17, 15) is 0 Å². The molecule has 3 heteroatoms. The van der Waals surface area contributed by atoms with E-state index in [-0.39, 0.29) is 0 Å². The summed E-state index contributed by atoms with van der Waals surface area (Å²) in [6.45, 7) is 0. The van der Waals surface area contributed by atoms with E-state index < -0.39 is 16.2 Å². The summed E-state index contributed by atoms with van der Waals surface area (Å²) in [5.74, 6) is 0. The van der Waals surface area contributed by atoms with Crippen molar-refractivity contribution >= 4 is 51.2 Å². The Balaban J connectivity index is 0.786. The van der Waals surface area contributed by atoms with Crippen molar-refractivity contribution in [2.24, 2.45) is 0 Å². The Morgan fingerprint density at radius 1 is 0.146 bits per heavy atom. The first-order valence-electron chi connectivity index (χ1n) is 33.6. The van der Waals surface area contributed by atoms with Crippen molar-refractivity contribution in [2.45, 2.75) is 16.2 Å². The summed E-state index contributed by atoms with van der Waals surface area (Å²) >= 11 is 0. The van der Waals surface area contributed by atoms with Gasteiger partial charge >= 0.3 is 0 Å². The third-order valence-corrected chi connectivity index (χ3v) is 22.2. The van der Waals surface area contributed by atoms with Gasteiger partial charge in [-0.15, -0.1) is 0 Å². The number of anilines is 9. The molecule has 3 nitrogen and oxygen atoms in total. The number of nitrogens with zero attached hydrogens (tertiary/aromatic N) is 3. The lowest BCUT2D eigenvalue weighted by Gasteiger charge is -2.45. The molecule has 15 aromatic rings. The molecule has 0 unspecified atom stereocenters. The van der Waals surface area contributed by atoms with Crippen LogP contribution in [0.4, 0.5) is 51.2 Å². The molecule has 3 heterocycles. The molecule has 0 fully saturated rings. The molecule has 3 spiro atoms. The largest absolute Gasteiger partial charge is 0.310 e. The zero-order valence-electron chi connectivity index (χ0n) is 52.4. The average Bonchev–Trinajstić information content (AvgIpc) is 1.48. The molecule has 21 rings (SSSR count). The summed E-state index contributed by atoms with van der Waals surface area (Å²) in [4.78, 5) is 7.43. The third-order valence-electron chi connectivity index (χ3n) is 22.2. The van der Waals surface area contributed by atoms with Crippen LogP contribution in [0.3, 0.4) is 0 Å². The Labute approximate surface area is 559 Å². The van der Waals surface area contributed by atoms with E-state index in [0.717, 1.165) is 17.1 Å². The van der Waals surface area contributed by atoms with Crippen LogP contribution in [-0.4, -0.2) is 0 Å². The second-order valence-corrected chi connectivity index (χ2v) is 26.5. The van der Waals surface area contributed by atoms with Crippen LogP contribution in [0.1, 0.15) is 66.8 Å². The topological polar surface area (TPSA) is 9.72 Å². The summed E-state index contributed by atoms with van der Waals surface area (Å²) < 4.78 is 0. The van der Waals surface area contributed by atoms with Gasteiger partial charge in [-0.2, -0.15) is 0 Å². The highest BCUT2D eigenvalue weighted by atomic mass is 15.2. The SMILES string of the molecule is c1ccc(N2c3ccccc3C3(c4ccccc4-c4ccc(-c5ccc6c(c5)C5(c7cc(-c8ccc9c(c8)C8(c%10ccccc%10-9)c9ccccc9N(c9ccccc9)c9ccccc98)ccc7-6)c6ccccc6N(c6ccccc6)c6ccccc65)cc43)c3ccccc32)cc1. The quantitative estimate of drug-likeness (QED) is 0.170. The summed E-state index contributed by atoms with van der Waals surface area (Å²) in [5.41, 5.74) is 36.3. The summed E-state index contributed by atoms with van der Waals surface area (Å²) in [5, 5.41) is 0. The van der Waals surface area contributed by atoms with Crippen LogP contribution >= 0.6 is 0 Å². The van der Waals surface area contributed by atoms with E-state index >= 15 is 0 Å². The normalized spacial score (nSPS) is 14.9. The summed E-state index contributed by atoms with van der Waals surface area (Å²) in [6, 6.07) is 136. The van der Waals surface area contributed by atoms with Crippen LogP contribution in [0, 0.1) is 0 Å². The standard InChI is InChI=1S/C93H59N3/c1-4-26-64(27-5-1)94-85-42-20-14-36-75(85)91(76-37-15-21-43-86(76)94)73-34-12-10-32-67(73)69-52-48-60(56-81(69)91)62-50-54-71-72-55-51-63(59-84(72)93(83(71)58-62)79-40-18-24-46-89(79)96(66-30-8-3-9-31-66)90-47-25-19-41-80(90)93)61-49-53-70-68-33-11-13-35-74(68)92(82(70)57-61)77-38-16-22-44-87(77)95(65-28-6-2-7-29-65)88-45-23-17-39-78(88)92/h1-59H. The predicted molar refractivity (Wildman–Crippen MR) is 394 cm³/mol. The second-order valence-electron chi connectivity index (χ2n) is 26.5. The fourth-order valence-corrected chi connectivity index (χ4v) is 18.6. The molecule has 0 radical (unpaired) electrons. The summed E-state index contributed by atoms with van der Waals surface area (Å²) in [7, 11) is 0. The maximum absolute atomic E-state index is 2.57. The Kier molecular flexibility index (Phi) is 11.0. The molecule has 0 N–H and O–H groups in total. The van der Waals surface area contributed by atoms with Crippen LogP contribution in [0.2, 0.25) is 0 Å². The van der Waals surface area contributed by atoms with Gasteiger partial charge in [0.25, 0.3) is 0 Å². The van der Waals surface area contributed by atoms with Crippen LogP contribution in [-0.2, 0) is 16.2 Å². The van der Waals surface area contributed by atoms with Crippen molar-refractivity contribution in [1.82, 2.24) is 0 Å². The lowest BCUT2D eigenvalue weighted by Crippen LogP contribution is -2.36. The first-order chi connectivity index (χ1) is 47.6. The highest BCUT2D eigenvalue weighted by Crippen LogP contribution is 2.68. The number of rotatable bonds is 5. The fraction of sp³-hybridized carbons (Fsp3) is 0.0323. The molecule has 0 bridgehead atoms. The van der Waals surface area contributed by atoms with Gasteiger partial charge in [0.2, 0.25) is 0 Å². The van der Waals surface area contributed by atoms with Gasteiger partial charge in [-0.3, -0.25) is 0 Å². The molecule has 6 aliphatic rings. The second kappa shape index (κ2) is 19.9. The lowest BCUT2D eigenvalue weighted by atomic mass is 9.63. The zero-order valence-corrected chi connectivity index (χ0v) is 52.4. The minimum Gasteiger partial charge on any atom is -0.310 e. The summed E-state index contributed by atoms with van der Waals surface area (Å²) in [6.07, 6.45) is 0. The Morgan fingerprint density at radius 3 is 0.583 bits per heavy atom. The van der Waals surface area contributed by atoms with Crippen LogP contribution < -0.4 is 14.7 Å². The number of fused-ring (bicyclic) bond motifs is 27. The van der Waals surface area contributed by atoms with Gasteiger partial charge in [-0.05, 0) is 219 Å². The maximum atomic E-state index is 2.57. The van der Waals surface area contributed by atoms with E-state index in [1.54, 1.807) is 0 Å². The Morgan fingerprint density at radius 2 is 0.333 bits per heavy atom. The molecular formula is C93H59N3. The number of benzene rings is 15. The van der Waals surface area contributed by atoms with E-state index in [0.29, 0.717) is 0 Å². The van der Waals surface area contributed by atoms with Crippen LogP contribution in [0.25, 0.3) is 55.6 Å². The van der Waals surface area contributed by atoms with Gasteiger partial charge < -0.3 is 14.7 Å². The minimum atomic E-state index is -0.734. The molecule has 0 saturated heterocycles. The molecule has 0 saturated carbocycles. The molecule has 0 amide bonds. The Hall–Kier alpha value is -12.3. The fourth-order valence-electron chi connectivity index (χ4n) is 18.6. The van der Waals surface area contributed by atoms with E-state index in [4.69, 9.17) is 0 Å². The molecule has 3 aliphatic heterocycles. The number of hydrogen-bond acceptors (Lipinski definition) is 3. The van der Waals surface area contributed by atoms with Crippen molar-refractivity contribution < 1.29 is 0 Å². The van der Waals surface area contributed by atoms with E-state index in [2.05, 4.69) is 373 Å². The average molecular weight is 1220 g/mol. The molecule has 0 atom stereocenters. The maximum Gasteiger partial charge on any atom is 0.0754 e. The van der Waals surface area contributed by atoms with Crippen LogP contribution in [0.15, 0.2) is 358 Å². The lowest BCUT2D eigenvalue weighted by molar-refractivity contribution is 0.751. The first-order valence-corrected chi connectivity index (χ1v) is 33.6. The third kappa shape index (κ3) is 6.80. The van der Waals surface area contributed by atoms with Crippen molar-refractivity contribution in [3.05, 3.63) is 425 Å². The van der Waals surface area contributed by atoms with E-state index in [1.807, 2.05) is 0 Å². The molecule has 15 aromatic carbocycles. The first kappa shape index (κ1) is 53.2. The van der Waals surface area contributed by atoms with Crippen molar-refractivity contribution in [1.29, 1.82) is 0 Å². The molecule has 0 aromatic heterocycles. The van der Waals surface area contributed by atoms with Crippen molar-refractivity contribution in [3.8, 4) is 55.6 Å². The zero-order chi connectivity index (χ0) is 62.8. The predicted octanol–water partition coefficient (Wildman–Crippen LogP) is 23.5. The monoisotopic (exact) mass is 1220 g/mol. The molecule has 96 heavy (non-hydrogen) atoms.